The Bertz CT molecular complexity index is 1260. The molecular weight excluding hydrogens is 485 g/mol. The number of fused-ring (bicyclic) bond motifs is 3. The van der Waals surface area contributed by atoms with Gasteiger partial charge in [-0.05, 0) is 73.8 Å². The average Bonchev–Trinajstić information content (AvgIpc) is 3.29. The van der Waals surface area contributed by atoms with Crippen molar-refractivity contribution in [2.24, 2.45) is 13.0 Å². The summed E-state index contributed by atoms with van der Waals surface area (Å²) in [4.78, 5) is 14.6. The van der Waals surface area contributed by atoms with Crippen molar-refractivity contribution in [3.05, 3.63) is 65.9 Å². The van der Waals surface area contributed by atoms with Crippen LogP contribution in [-0.4, -0.2) is 53.6 Å². The number of methoxy groups -OCH3 is 1. The van der Waals surface area contributed by atoms with Gasteiger partial charge in [-0.2, -0.15) is 18.3 Å². The van der Waals surface area contributed by atoms with Gasteiger partial charge in [0.25, 0.3) is 0 Å². The molecule has 1 amide bonds. The lowest BCUT2D eigenvalue weighted by molar-refractivity contribution is -0.137. The zero-order valence-corrected chi connectivity index (χ0v) is 20.7. The number of aryl methyl sites for hydroxylation is 1. The smallest absolute Gasteiger partial charge is 0.416 e. The first-order valence-electron chi connectivity index (χ1n) is 12.2. The molecule has 6 rings (SSSR count). The molecule has 37 heavy (non-hydrogen) atoms. The monoisotopic (exact) mass is 514 g/mol. The van der Waals surface area contributed by atoms with Gasteiger partial charge in [0, 0.05) is 42.5 Å². The Kier molecular flexibility index (Phi) is 6.85. The molecule has 1 aromatic heterocycles. The summed E-state index contributed by atoms with van der Waals surface area (Å²) >= 11 is 0. The predicted molar refractivity (Wildman–Crippen MR) is 132 cm³/mol. The van der Waals surface area contributed by atoms with E-state index in [4.69, 9.17) is 14.6 Å². The molecule has 0 radical (unpaired) electrons. The third-order valence-electron chi connectivity index (χ3n) is 7.40. The van der Waals surface area contributed by atoms with E-state index in [0.29, 0.717) is 11.8 Å². The fraction of sp³-hybridized carbons (Fsp3) is 0.407. The van der Waals surface area contributed by atoms with Gasteiger partial charge in [0.2, 0.25) is 0 Å². The summed E-state index contributed by atoms with van der Waals surface area (Å²) < 4.78 is 51.4. The summed E-state index contributed by atoms with van der Waals surface area (Å²) in [7, 11) is 3.61. The Morgan fingerprint density at radius 1 is 1.16 bits per heavy atom. The number of anilines is 1. The van der Waals surface area contributed by atoms with Crippen LogP contribution in [0.1, 0.15) is 30.0 Å². The van der Waals surface area contributed by atoms with Crippen molar-refractivity contribution in [1.29, 1.82) is 0 Å². The van der Waals surface area contributed by atoms with Crippen molar-refractivity contribution in [1.82, 2.24) is 14.7 Å². The largest absolute Gasteiger partial charge is 0.497 e. The van der Waals surface area contributed by atoms with Crippen molar-refractivity contribution in [2.45, 2.75) is 31.0 Å². The predicted octanol–water partition coefficient (Wildman–Crippen LogP) is 5.54. The van der Waals surface area contributed by atoms with Crippen molar-refractivity contribution in [3.8, 4) is 17.0 Å². The van der Waals surface area contributed by atoms with Gasteiger partial charge in [-0.1, -0.05) is 6.07 Å². The number of hydrogen-bond acceptors (Lipinski definition) is 5. The fourth-order valence-electron chi connectivity index (χ4n) is 5.48. The summed E-state index contributed by atoms with van der Waals surface area (Å²) in [6.07, 6.45) is -3.30. The number of amides is 1. The number of aromatic nitrogens is 2. The summed E-state index contributed by atoms with van der Waals surface area (Å²) in [5, 5.41) is 7.15. The van der Waals surface area contributed by atoms with E-state index in [9.17, 15) is 18.0 Å². The standard InChI is InChI=1S/C27H29F3N4O3/c1-33-25(14-24(32-33)17-6-8-22(36-2)9-7-17)23-15-34-11-10-18(23)12-21(34)16-37-26(35)31-20-5-3-4-19(13-20)27(28,29)30/h3-9,13-14,18,21,23H,10-12,15-16H2,1-2H3,(H,31,35). The first kappa shape index (κ1) is 25.1. The number of carbonyl (C=O) groups is 1. The lowest BCUT2D eigenvalue weighted by Crippen LogP contribution is -2.54. The van der Waals surface area contributed by atoms with Gasteiger partial charge >= 0.3 is 12.3 Å². The molecule has 2 bridgehead atoms. The van der Waals surface area contributed by atoms with Gasteiger partial charge in [-0.3, -0.25) is 14.9 Å². The Hall–Kier alpha value is -3.53. The molecule has 0 spiro atoms. The maximum atomic E-state index is 12.9. The van der Waals surface area contributed by atoms with Crippen LogP contribution in [0.5, 0.6) is 5.75 Å². The second-order valence-electron chi connectivity index (χ2n) is 9.65. The zero-order chi connectivity index (χ0) is 26.2. The van der Waals surface area contributed by atoms with E-state index in [1.165, 1.54) is 17.8 Å². The normalized spacial score (nSPS) is 23.1. The maximum absolute atomic E-state index is 12.9. The second-order valence-corrected chi connectivity index (χ2v) is 9.65. The molecule has 4 unspecified atom stereocenters. The molecule has 3 aliphatic heterocycles. The number of rotatable bonds is 6. The van der Waals surface area contributed by atoms with Crippen molar-refractivity contribution >= 4 is 11.8 Å². The van der Waals surface area contributed by atoms with Gasteiger partial charge in [-0.25, -0.2) is 4.79 Å². The molecule has 10 heteroatoms. The molecule has 0 aliphatic carbocycles. The average molecular weight is 515 g/mol. The molecule has 196 valence electrons. The van der Waals surface area contributed by atoms with Crippen LogP contribution >= 0.6 is 0 Å². The van der Waals surface area contributed by atoms with Crippen LogP contribution in [0.3, 0.4) is 0 Å². The molecule has 2 aromatic carbocycles. The van der Waals surface area contributed by atoms with Gasteiger partial charge in [0.15, 0.2) is 0 Å². The zero-order valence-electron chi connectivity index (χ0n) is 20.7. The first-order chi connectivity index (χ1) is 17.7. The molecular formula is C27H29F3N4O3. The van der Waals surface area contributed by atoms with Crippen LogP contribution in [-0.2, 0) is 18.0 Å². The lowest BCUT2D eigenvalue weighted by Gasteiger charge is -2.49. The van der Waals surface area contributed by atoms with Crippen molar-refractivity contribution < 1.29 is 27.4 Å². The molecule has 4 heterocycles. The molecule has 0 saturated carbocycles. The quantitative estimate of drug-likeness (QED) is 0.468. The molecule has 1 N–H and O–H groups in total. The third-order valence-corrected chi connectivity index (χ3v) is 7.40. The topological polar surface area (TPSA) is 68.6 Å². The Morgan fingerprint density at radius 3 is 2.62 bits per heavy atom. The van der Waals surface area contributed by atoms with Crippen LogP contribution in [0, 0.1) is 5.92 Å². The summed E-state index contributed by atoms with van der Waals surface area (Å²) in [6.45, 7) is 1.96. The third kappa shape index (κ3) is 5.44. The number of ether oxygens (including phenoxy) is 2. The Labute approximate surface area is 213 Å². The Balaban J connectivity index is 1.19. The number of benzene rings is 2. The van der Waals surface area contributed by atoms with E-state index in [1.54, 1.807) is 7.11 Å². The van der Waals surface area contributed by atoms with Gasteiger partial charge < -0.3 is 9.47 Å². The molecule has 3 aliphatic rings. The van der Waals surface area contributed by atoms with Crippen LogP contribution in [0.4, 0.5) is 23.7 Å². The van der Waals surface area contributed by atoms with E-state index >= 15 is 0 Å². The van der Waals surface area contributed by atoms with Crippen LogP contribution in [0.25, 0.3) is 11.3 Å². The van der Waals surface area contributed by atoms with Crippen molar-refractivity contribution in [2.75, 3.05) is 32.1 Å². The summed E-state index contributed by atoms with van der Waals surface area (Å²) in [6, 6.07) is 14.6. The number of nitrogens with zero attached hydrogens (tertiary/aromatic N) is 3. The van der Waals surface area contributed by atoms with Gasteiger partial charge in [0.05, 0.1) is 18.4 Å². The summed E-state index contributed by atoms with van der Waals surface area (Å²) in [5.41, 5.74) is 2.36. The lowest BCUT2D eigenvalue weighted by atomic mass is 9.74. The van der Waals surface area contributed by atoms with E-state index in [2.05, 4.69) is 16.3 Å². The minimum absolute atomic E-state index is 0.0502. The van der Waals surface area contributed by atoms with E-state index in [1.807, 2.05) is 36.0 Å². The molecule has 3 fully saturated rings. The number of piperidine rings is 3. The molecule has 7 nitrogen and oxygen atoms in total. The van der Waals surface area contributed by atoms with Gasteiger partial charge in [-0.15, -0.1) is 0 Å². The highest BCUT2D eigenvalue weighted by molar-refractivity contribution is 5.84. The highest BCUT2D eigenvalue weighted by atomic mass is 19.4. The second kappa shape index (κ2) is 10.1. The number of nitrogens with one attached hydrogen (secondary N) is 1. The maximum Gasteiger partial charge on any atom is 0.416 e. The molecule has 3 aromatic rings. The SMILES string of the molecule is COc1ccc(-c2cc(C3CN4CCC3CC4COC(=O)Nc3cccc(C(F)(F)F)c3)n(C)n2)cc1. The molecule has 4 atom stereocenters. The van der Waals surface area contributed by atoms with Gasteiger partial charge in [0.1, 0.15) is 12.4 Å². The summed E-state index contributed by atoms with van der Waals surface area (Å²) in [5.74, 6) is 1.56. The highest BCUT2D eigenvalue weighted by Gasteiger charge is 2.42. The minimum Gasteiger partial charge on any atom is -0.497 e. The van der Waals surface area contributed by atoms with Crippen LogP contribution in [0.15, 0.2) is 54.6 Å². The fourth-order valence-corrected chi connectivity index (χ4v) is 5.48. The van der Waals surface area contributed by atoms with Crippen molar-refractivity contribution in [3.63, 3.8) is 0 Å². The first-order valence-corrected chi connectivity index (χ1v) is 12.2. The van der Waals surface area contributed by atoms with E-state index < -0.39 is 17.8 Å². The minimum atomic E-state index is -4.48. The van der Waals surface area contributed by atoms with E-state index in [-0.39, 0.29) is 18.3 Å². The Morgan fingerprint density at radius 2 is 1.95 bits per heavy atom. The van der Waals surface area contributed by atoms with E-state index in [0.717, 1.165) is 55.1 Å². The number of halogens is 3. The van der Waals surface area contributed by atoms with Crippen LogP contribution < -0.4 is 10.1 Å². The number of carbonyl (C=O) groups excluding carboxylic acids is 1. The number of alkyl halides is 3. The molecule has 3 saturated heterocycles. The number of hydrogen-bond donors (Lipinski definition) is 1. The van der Waals surface area contributed by atoms with Crippen LogP contribution in [0.2, 0.25) is 0 Å². The highest BCUT2D eigenvalue weighted by Crippen LogP contribution is 2.42.